The minimum Gasteiger partial charge on any atom is -0.493 e. The highest BCUT2D eigenvalue weighted by Gasteiger charge is 2.10. The molecule has 2 rings (SSSR count). The molecule has 1 N–H and O–H groups in total. The summed E-state index contributed by atoms with van der Waals surface area (Å²) in [6.45, 7) is 0.824. The van der Waals surface area contributed by atoms with E-state index < -0.39 is 5.97 Å². The molecule has 0 saturated heterocycles. The van der Waals surface area contributed by atoms with Gasteiger partial charge in [-0.3, -0.25) is 4.79 Å². The standard InChI is InChI=1S/C14H18O3/c15-14(16)6-2-1-4-11-7-8-13-12(10-11)5-3-9-17-13/h7-8,10H,1-6,9H2,(H,15,16). The van der Waals surface area contributed by atoms with Crippen LogP contribution in [0.1, 0.15) is 36.8 Å². The molecule has 92 valence electrons. The van der Waals surface area contributed by atoms with Crippen LogP contribution in [0.3, 0.4) is 0 Å². The maximum atomic E-state index is 10.4. The number of aliphatic carboxylic acids is 1. The van der Waals surface area contributed by atoms with E-state index in [9.17, 15) is 4.79 Å². The van der Waals surface area contributed by atoms with Crippen molar-refractivity contribution in [1.29, 1.82) is 0 Å². The molecule has 0 unspecified atom stereocenters. The van der Waals surface area contributed by atoms with Crippen LogP contribution in [0.15, 0.2) is 18.2 Å². The maximum absolute atomic E-state index is 10.4. The van der Waals surface area contributed by atoms with Crippen LogP contribution in [-0.4, -0.2) is 17.7 Å². The van der Waals surface area contributed by atoms with Gasteiger partial charge < -0.3 is 9.84 Å². The Morgan fingerprint density at radius 3 is 3.06 bits per heavy atom. The number of aryl methyl sites for hydroxylation is 2. The monoisotopic (exact) mass is 234 g/mol. The Morgan fingerprint density at radius 1 is 1.35 bits per heavy atom. The molecule has 1 aromatic carbocycles. The molecule has 0 atom stereocenters. The van der Waals surface area contributed by atoms with Gasteiger partial charge in [0.25, 0.3) is 0 Å². The van der Waals surface area contributed by atoms with Gasteiger partial charge in [0, 0.05) is 6.42 Å². The van der Waals surface area contributed by atoms with E-state index in [0.29, 0.717) is 0 Å². The molecule has 0 aromatic heterocycles. The molecule has 0 amide bonds. The van der Waals surface area contributed by atoms with Crippen molar-refractivity contribution in [3.8, 4) is 5.75 Å². The Kier molecular flexibility index (Phi) is 4.02. The number of fused-ring (bicyclic) bond motifs is 1. The molecule has 0 radical (unpaired) electrons. The van der Waals surface area contributed by atoms with E-state index in [2.05, 4.69) is 12.1 Å². The fourth-order valence-electron chi connectivity index (χ4n) is 2.17. The van der Waals surface area contributed by atoms with E-state index in [4.69, 9.17) is 9.84 Å². The average molecular weight is 234 g/mol. The summed E-state index contributed by atoms with van der Waals surface area (Å²) in [7, 11) is 0. The van der Waals surface area contributed by atoms with E-state index in [0.717, 1.165) is 44.5 Å². The first-order chi connectivity index (χ1) is 8.25. The smallest absolute Gasteiger partial charge is 0.303 e. The van der Waals surface area contributed by atoms with Crippen molar-refractivity contribution in [1.82, 2.24) is 0 Å². The van der Waals surface area contributed by atoms with Crippen molar-refractivity contribution in [2.75, 3.05) is 6.61 Å². The predicted octanol–water partition coefficient (Wildman–Crippen LogP) is 2.81. The number of hydrogen-bond acceptors (Lipinski definition) is 2. The predicted molar refractivity (Wildman–Crippen MR) is 65.4 cm³/mol. The fourth-order valence-corrected chi connectivity index (χ4v) is 2.17. The van der Waals surface area contributed by atoms with Gasteiger partial charge in [0.05, 0.1) is 6.61 Å². The lowest BCUT2D eigenvalue weighted by atomic mass is 10.00. The van der Waals surface area contributed by atoms with Gasteiger partial charge in [-0.2, -0.15) is 0 Å². The molecule has 0 saturated carbocycles. The van der Waals surface area contributed by atoms with Gasteiger partial charge in [0.2, 0.25) is 0 Å². The first-order valence-electron chi connectivity index (χ1n) is 6.22. The highest BCUT2D eigenvalue weighted by atomic mass is 16.5. The molecule has 17 heavy (non-hydrogen) atoms. The number of ether oxygens (including phenoxy) is 1. The number of unbranched alkanes of at least 4 members (excludes halogenated alkanes) is 1. The normalized spacial score (nSPS) is 13.9. The lowest BCUT2D eigenvalue weighted by molar-refractivity contribution is -0.137. The summed E-state index contributed by atoms with van der Waals surface area (Å²) < 4.78 is 5.56. The van der Waals surface area contributed by atoms with Crippen molar-refractivity contribution in [2.24, 2.45) is 0 Å². The van der Waals surface area contributed by atoms with Crippen LogP contribution in [0, 0.1) is 0 Å². The highest BCUT2D eigenvalue weighted by molar-refractivity contribution is 5.66. The van der Waals surface area contributed by atoms with Crippen LogP contribution < -0.4 is 4.74 Å². The number of benzene rings is 1. The van der Waals surface area contributed by atoms with Crippen molar-refractivity contribution < 1.29 is 14.6 Å². The molecular formula is C14H18O3. The van der Waals surface area contributed by atoms with E-state index >= 15 is 0 Å². The lowest BCUT2D eigenvalue weighted by Gasteiger charge is -2.17. The Morgan fingerprint density at radius 2 is 2.24 bits per heavy atom. The van der Waals surface area contributed by atoms with Crippen molar-refractivity contribution >= 4 is 5.97 Å². The largest absolute Gasteiger partial charge is 0.493 e. The maximum Gasteiger partial charge on any atom is 0.303 e. The summed E-state index contributed by atoms with van der Waals surface area (Å²) in [6, 6.07) is 6.33. The molecule has 3 nitrogen and oxygen atoms in total. The zero-order valence-corrected chi connectivity index (χ0v) is 9.95. The first-order valence-corrected chi connectivity index (χ1v) is 6.22. The Bertz CT molecular complexity index is 398. The molecule has 1 aliphatic heterocycles. The first kappa shape index (κ1) is 12.0. The van der Waals surface area contributed by atoms with Gasteiger partial charge in [-0.1, -0.05) is 12.1 Å². The molecule has 1 aromatic rings. The Labute approximate surface area is 101 Å². The van der Waals surface area contributed by atoms with Gasteiger partial charge in [-0.05, 0) is 49.3 Å². The minimum absolute atomic E-state index is 0.272. The Balaban J connectivity index is 1.86. The van der Waals surface area contributed by atoms with Crippen LogP contribution in [0.4, 0.5) is 0 Å². The van der Waals surface area contributed by atoms with Gasteiger partial charge in [-0.25, -0.2) is 0 Å². The summed E-state index contributed by atoms with van der Waals surface area (Å²) in [4.78, 5) is 10.4. The van der Waals surface area contributed by atoms with Crippen LogP contribution in [-0.2, 0) is 17.6 Å². The summed E-state index contributed by atoms with van der Waals surface area (Å²) in [5.74, 6) is 0.314. The van der Waals surface area contributed by atoms with Gasteiger partial charge in [-0.15, -0.1) is 0 Å². The van der Waals surface area contributed by atoms with Crippen LogP contribution in [0.25, 0.3) is 0 Å². The number of rotatable bonds is 5. The SMILES string of the molecule is O=C(O)CCCCc1ccc2c(c1)CCCO2. The molecule has 1 heterocycles. The number of carbonyl (C=O) groups is 1. The van der Waals surface area contributed by atoms with E-state index in [1.165, 1.54) is 11.1 Å². The third-order valence-electron chi connectivity index (χ3n) is 3.08. The van der Waals surface area contributed by atoms with Crippen molar-refractivity contribution in [2.45, 2.75) is 38.5 Å². The third-order valence-corrected chi connectivity index (χ3v) is 3.08. The zero-order valence-electron chi connectivity index (χ0n) is 9.95. The average Bonchev–Trinajstić information content (AvgIpc) is 2.34. The third kappa shape index (κ3) is 3.48. The van der Waals surface area contributed by atoms with E-state index in [1.807, 2.05) is 6.07 Å². The van der Waals surface area contributed by atoms with Gasteiger partial charge >= 0.3 is 5.97 Å². The topological polar surface area (TPSA) is 46.5 Å². The molecule has 0 aliphatic carbocycles. The van der Waals surface area contributed by atoms with Crippen LogP contribution in [0.5, 0.6) is 5.75 Å². The number of hydrogen-bond donors (Lipinski definition) is 1. The second kappa shape index (κ2) is 5.71. The lowest BCUT2D eigenvalue weighted by Crippen LogP contribution is -2.08. The Hall–Kier alpha value is -1.51. The second-order valence-electron chi connectivity index (χ2n) is 4.49. The minimum atomic E-state index is -0.705. The molecular weight excluding hydrogens is 216 g/mol. The fraction of sp³-hybridized carbons (Fsp3) is 0.500. The zero-order chi connectivity index (χ0) is 12.1. The van der Waals surface area contributed by atoms with E-state index in [1.54, 1.807) is 0 Å². The molecule has 1 aliphatic rings. The second-order valence-corrected chi connectivity index (χ2v) is 4.49. The van der Waals surface area contributed by atoms with Gasteiger partial charge in [0.1, 0.15) is 5.75 Å². The van der Waals surface area contributed by atoms with Crippen molar-refractivity contribution in [3.05, 3.63) is 29.3 Å². The molecule has 3 heteroatoms. The molecule has 0 fully saturated rings. The number of carboxylic acids is 1. The number of carboxylic acid groups (broad SMARTS) is 1. The summed E-state index contributed by atoms with van der Waals surface area (Å²) >= 11 is 0. The molecule has 0 spiro atoms. The van der Waals surface area contributed by atoms with Crippen LogP contribution in [0.2, 0.25) is 0 Å². The van der Waals surface area contributed by atoms with E-state index in [-0.39, 0.29) is 6.42 Å². The van der Waals surface area contributed by atoms with Crippen LogP contribution >= 0.6 is 0 Å². The van der Waals surface area contributed by atoms with Gasteiger partial charge in [0.15, 0.2) is 0 Å². The van der Waals surface area contributed by atoms with Crippen molar-refractivity contribution in [3.63, 3.8) is 0 Å². The quantitative estimate of drug-likeness (QED) is 0.797. The highest BCUT2D eigenvalue weighted by Crippen LogP contribution is 2.26. The summed E-state index contributed by atoms with van der Waals surface area (Å²) in [6.07, 6.45) is 5.11. The molecule has 0 bridgehead atoms. The summed E-state index contributed by atoms with van der Waals surface area (Å²) in [5.41, 5.74) is 2.59. The summed E-state index contributed by atoms with van der Waals surface area (Å²) in [5, 5.41) is 8.55.